The topological polar surface area (TPSA) is 73.2 Å². The Labute approximate surface area is 98.8 Å². The molecule has 2 saturated heterocycles. The highest BCUT2D eigenvalue weighted by molar-refractivity contribution is 5.77. The van der Waals surface area contributed by atoms with Crippen molar-refractivity contribution < 1.29 is 9.72 Å². The van der Waals surface area contributed by atoms with Crippen LogP contribution in [-0.4, -0.2) is 71.1 Å². The van der Waals surface area contributed by atoms with Crippen molar-refractivity contribution in [3.63, 3.8) is 0 Å². The van der Waals surface area contributed by atoms with Gasteiger partial charge < -0.3 is 19.6 Å². The highest BCUT2D eigenvalue weighted by Crippen LogP contribution is 2.35. The summed E-state index contributed by atoms with van der Waals surface area (Å²) in [6.45, 7) is 0. The van der Waals surface area contributed by atoms with Gasteiger partial charge in [0.15, 0.2) is 5.82 Å². The van der Waals surface area contributed by atoms with E-state index >= 15 is 0 Å². The molecule has 0 aliphatic carbocycles. The number of carbonyl (C=O) groups excluding carboxylic acids is 1. The number of carbonyl (C=O) groups is 1. The van der Waals surface area contributed by atoms with Crippen LogP contribution < -0.4 is 0 Å². The van der Waals surface area contributed by atoms with E-state index in [9.17, 15) is 14.9 Å². The van der Waals surface area contributed by atoms with Crippen LogP contribution in [0.5, 0.6) is 0 Å². The second-order valence-electron chi connectivity index (χ2n) is 4.33. The molecular weight excluding hydrogens is 226 g/mol. The fourth-order valence-electron chi connectivity index (χ4n) is 2.59. The first-order valence-corrected chi connectivity index (χ1v) is 5.17. The molecular formula is C9H15N5O3. The van der Waals surface area contributed by atoms with Crippen molar-refractivity contribution in [2.75, 3.05) is 28.2 Å². The van der Waals surface area contributed by atoms with Gasteiger partial charge in [-0.3, -0.25) is 10.1 Å². The van der Waals surface area contributed by atoms with Gasteiger partial charge in [0, 0.05) is 28.2 Å². The van der Waals surface area contributed by atoms with E-state index in [0.717, 1.165) is 6.20 Å². The lowest BCUT2D eigenvalue weighted by Gasteiger charge is -2.25. The molecule has 2 unspecified atom stereocenters. The average Bonchev–Trinajstić information content (AvgIpc) is 2.61. The van der Waals surface area contributed by atoms with Crippen LogP contribution in [0.4, 0.5) is 4.79 Å². The van der Waals surface area contributed by atoms with Gasteiger partial charge in [0.25, 0.3) is 6.20 Å². The Bertz CT molecular complexity index is 383. The SMILES string of the molecule is CN1C(=O)N(C)C2C1N(C)C(=C[N+](=O)[O-])N2C. The molecule has 0 aromatic heterocycles. The molecule has 2 heterocycles. The van der Waals surface area contributed by atoms with Crippen LogP contribution in [0.2, 0.25) is 0 Å². The van der Waals surface area contributed by atoms with Gasteiger partial charge in [-0.05, 0) is 0 Å². The second-order valence-corrected chi connectivity index (χ2v) is 4.33. The first kappa shape index (κ1) is 11.5. The molecule has 0 radical (unpaired) electrons. The lowest BCUT2D eigenvalue weighted by Crippen LogP contribution is -2.42. The predicted molar refractivity (Wildman–Crippen MR) is 59.1 cm³/mol. The summed E-state index contributed by atoms with van der Waals surface area (Å²) in [6.07, 6.45) is 0.581. The van der Waals surface area contributed by atoms with Crippen molar-refractivity contribution in [2.45, 2.75) is 12.3 Å². The minimum Gasteiger partial charge on any atom is -0.332 e. The van der Waals surface area contributed by atoms with E-state index in [1.54, 1.807) is 47.8 Å². The van der Waals surface area contributed by atoms with Gasteiger partial charge in [-0.15, -0.1) is 0 Å². The minimum absolute atomic E-state index is 0.0844. The summed E-state index contributed by atoms with van der Waals surface area (Å²) in [4.78, 5) is 28.5. The molecule has 0 spiro atoms. The van der Waals surface area contributed by atoms with E-state index in [1.807, 2.05) is 0 Å². The summed E-state index contributed by atoms with van der Waals surface area (Å²) >= 11 is 0. The fourth-order valence-corrected chi connectivity index (χ4v) is 2.59. The Morgan fingerprint density at radius 3 is 1.82 bits per heavy atom. The molecule has 94 valence electrons. The van der Waals surface area contributed by atoms with Crippen LogP contribution in [0.25, 0.3) is 0 Å². The van der Waals surface area contributed by atoms with E-state index in [1.165, 1.54) is 0 Å². The molecule has 0 aromatic carbocycles. The van der Waals surface area contributed by atoms with E-state index in [4.69, 9.17) is 0 Å². The summed E-state index contributed by atoms with van der Waals surface area (Å²) in [6, 6.07) is -0.0844. The summed E-state index contributed by atoms with van der Waals surface area (Å²) in [5.74, 6) is 0.496. The first-order valence-electron chi connectivity index (χ1n) is 5.17. The van der Waals surface area contributed by atoms with Crippen LogP contribution in [0, 0.1) is 10.1 Å². The molecule has 2 atom stereocenters. The maximum Gasteiger partial charge on any atom is 0.323 e. The number of amides is 2. The van der Waals surface area contributed by atoms with Gasteiger partial charge in [0.2, 0.25) is 0 Å². The molecule has 2 rings (SSSR count). The number of hydrogen-bond donors (Lipinski definition) is 0. The van der Waals surface area contributed by atoms with E-state index in [0.29, 0.717) is 5.82 Å². The second kappa shape index (κ2) is 3.51. The molecule has 0 N–H and O–H groups in total. The van der Waals surface area contributed by atoms with Gasteiger partial charge in [0.05, 0.1) is 4.92 Å². The maximum absolute atomic E-state index is 11.8. The summed E-state index contributed by atoms with van der Waals surface area (Å²) in [7, 11) is 6.89. The van der Waals surface area contributed by atoms with Crippen molar-refractivity contribution in [2.24, 2.45) is 0 Å². The molecule has 0 saturated carbocycles. The Morgan fingerprint density at radius 2 is 1.47 bits per heavy atom. The largest absolute Gasteiger partial charge is 0.332 e. The lowest BCUT2D eigenvalue weighted by atomic mass is 10.4. The third-order valence-electron chi connectivity index (χ3n) is 3.40. The normalized spacial score (nSPS) is 28.0. The van der Waals surface area contributed by atoms with Gasteiger partial charge in [-0.25, -0.2) is 4.79 Å². The predicted octanol–water partition coefficient (Wildman–Crippen LogP) is -0.411. The monoisotopic (exact) mass is 241 g/mol. The van der Waals surface area contributed by atoms with E-state index < -0.39 is 4.92 Å². The summed E-state index contributed by atoms with van der Waals surface area (Å²) in [5.41, 5.74) is 0. The van der Waals surface area contributed by atoms with Crippen LogP contribution >= 0.6 is 0 Å². The van der Waals surface area contributed by atoms with Gasteiger partial charge >= 0.3 is 6.03 Å². The molecule has 2 fully saturated rings. The Hall–Kier alpha value is -1.99. The van der Waals surface area contributed by atoms with Crippen molar-refractivity contribution in [3.05, 3.63) is 22.1 Å². The lowest BCUT2D eigenvalue weighted by molar-refractivity contribution is -0.405. The number of hydrogen-bond acceptors (Lipinski definition) is 5. The quantitative estimate of drug-likeness (QED) is 0.461. The van der Waals surface area contributed by atoms with Crippen LogP contribution in [0.3, 0.4) is 0 Å². The number of nitrogens with zero attached hydrogens (tertiary/aromatic N) is 5. The van der Waals surface area contributed by atoms with E-state index in [-0.39, 0.29) is 18.4 Å². The molecule has 0 aromatic rings. The van der Waals surface area contributed by atoms with Crippen molar-refractivity contribution in [3.8, 4) is 0 Å². The zero-order valence-electron chi connectivity index (χ0n) is 10.2. The summed E-state index contributed by atoms with van der Waals surface area (Å²) < 4.78 is 0. The zero-order valence-corrected chi connectivity index (χ0v) is 10.2. The maximum atomic E-state index is 11.8. The zero-order chi connectivity index (χ0) is 12.9. The molecule has 2 amide bonds. The number of rotatable bonds is 1. The highest BCUT2D eigenvalue weighted by atomic mass is 16.6. The molecule has 2 aliphatic heterocycles. The third kappa shape index (κ3) is 1.40. The number of likely N-dealkylation sites (N-methyl/N-ethyl adjacent to an activating group) is 4. The van der Waals surface area contributed by atoms with Crippen molar-refractivity contribution in [1.29, 1.82) is 0 Å². The third-order valence-corrected chi connectivity index (χ3v) is 3.40. The Kier molecular flexibility index (Phi) is 2.37. The fraction of sp³-hybridized carbons (Fsp3) is 0.667. The first-order chi connectivity index (χ1) is 7.86. The van der Waals surface area contributed by atoms with Crippen LogP contribution in [0.15, 0.2) is 12.0 Å². The number of nitro groups is 1. The van der Waals surface area contributed by atoms with Crippen LogP contribution in [-0.2, 0) is 0 Å². The van der Waals surface area contributed by atoms with Crippen molar-refractivity contribution >= 4 is 6.03 Å². The smallest absolute Gasteiger partial charge is 0.323 e. The number of urea groups is 1. The Morgan fingerprint density at radius 1 is 1.06 bits per heavy atom. The van der Waals surface area contributed by atoms with E-state index in [2.05, 4.69) is 0 Å². The van der Waals surface area contributed by atoms with Gasteiger partial charge in [-0.2, -0.15) is 0 Å². The average molecular weight is 241 g/mol. The van der Waals surface area contributed by atoms with Crippen molar-refractivity contribution in [1.82, 2.24) is 19.6 Å². The molecule has 8 heteroatoms. The Balaban J connectivity index is 2.39. The van der Waals surface area contributed by atoms with Gasteiger partial charge in [-0.1, -0.05) is 0 Å². The summed E-state index contributed by atoms with van der Waals surface area (Å²) in [5, 5.41) is 10.6. The van der Waals surface area contributed by atoms with Gasteiger partial charge in [0.1, 0.15) is 12.3 Å². The number of fused-ring (bicyclic) bond motifs is 1. The van der Waals surface area contributed by atoms with Crippen LogP contribution in [0.1, 0.15) is 0 Å². The molecule has 8 nitrogen and oxygen atoms in total. The highest BCUT2D eigenvalue weighted by Gasteiger charge is 2.53. The molecule has 0 bridgehead atoms. The minimum atomic E-state index is -0.481. The molecule has 2 aliphatic rings. The standard InChI is InChI=1S/C9H15N5O3/c1-10-6(5-14(16)17)11(2)8-7(10)12(3)9(15)13(8)4/h5,7-8H,1-4H3. The molecule has 17 heavy (non-hydrogen) atoms.